The van der Waals surface area contributed by atoms with Crippen molar-refractivity contribution in [1.82, 2.24) is 4.98 Å². The number of nitrogens with one attached hydrogen (secondary N) is 1. The van der Waals surface area contributed by atoms with Crippen LogP contribution >= 0.6 is 22.9 Å². The van der Waals surface area contributed by atoms with E-state index >= 15 is 0 Å². The van der Waals surface area contributed by atoms with E-state index in [2.05, 4.69) is 10.3 Å². The standard InChI is InChI=1S/C17H14ClN3O5S/c1-3-26-14-7-10(12(21(23)24)8-13(14)25-2)16(22)20-17-19-11-5-4-9(18)6-15(11)27-17/h4-8H,3H2,1-2H3,(H,19,20,22). The number of nitrogens with zero attached hydrogens (tertiary/aromatic N) is 2. The summed E-state index contributed by atoms with van der Waals surface area (Å²) >= 11 is 7.17. The fraction of sp³-hybridized carbons (Fsp3) is 0.176. The zero-order valence-electron chi connectivity index (χ0n) is 14.3. The van der Waals surface area contributed by atoms with E-state index in [4.69, 9.17) is 21.1 Å². The van der Waals surface area contributed by atoms with Crippen LogP contribution in [0, 0.1) is 10.1 Å². The summed E-state index contributed by atoms with van der Waals surface area (Å²) in [6, 6.07) is 7.61. The summed E-state index contributed by atoms with van der Waals surface area (Å²) in [5.41, 5.74) is 0.123. The molecule has 3 rings (SSSR count). The maximum absolute atomic E-state index is 12.7. The third kappa shape index (κ3) is 3.93. The highest BCUT2D eigenvalue weighted by molar-refractivity contribution is 7.22. The first-order valence-corrected chi connectivity index (χ1v) is 8.99. The number of nitro groups is 1. The van der Waals surface area contributed by atoms with Crippen molar-refractivity contribution in [3.05, 3.63) is 51.0 Å². The average Bonchev–Trinajstić information content (AvgIpc) is 3.02. The third-order valence-electron chi connectivity index (χ3n) is 3.59. The molecule has 0 saturated heterocycles. The van der Waals surface area contributed by atoms with Gasteiger partial charge in [0.25, 0.3) is 11.6 Å². The molecule has 0 radical (unpaired) electrons. The Kier molecular flexibility index (Phi) is 5.43. The van der Waals surface area contributed by atoms with Crippen LogP contribution in [0.3, 0.4) is 0 Å². The van der Waals surface area contributed by atoms with Crippen molar-refractivity contribution >= 4 is 49.9 Å². The van der Waals surface area contributed by atoms with Crippen molar-refractivity contribution in [2.24, 2.45) is 0 Å². The largest absolute Gasteiger partial charge is 0.493 e. The van der Waals surface area contributed by atoms with Gasteiger partial charge in [-0.05, 0) is 25.1 Å². The lowest BCUT2D eigenvalue weighted by molar-refractivity contribution is -0.385. The second-order valence-corrected chi connectivity index (χ2v) is 6.76. The Bertz CT molecular complexity index is 1040. The Morgan fingerprint density at radius 1 is 1.33 bits per heavy atom. The first-order chi connectivity index (χ1) is 12.9. The number of methoxy groups -OCH3 is 1. The normalized spacial score (nSPS) is 10.6. The second-order valence-electron chi connectivity index (χ2n) is 5.30. The minimum Gasteiger partial charge on any atom is -0.493 e. The molecule has 27 heavy (non-hydrogen) atoms. The van der Waals surface area contributed by atoms with E-state index in [1.807, 2.05) is 0 Å². The van der Waals surface area contributed by atoms with Gasteiger partial charge < -0.3 is 9.47 Å². The zero-order valence-corrected chi connectivity index (χ0v) is 15.9. The van der Waals surface area contributed by atoms with Crippen LogP contribution in [-0.2, 0) is 0 Å². The number of rotatable bonds is 6. The smallest absolute Gasteiger partial charge is 0.286 e. The van der Waals surface area contributed by atoms with Crippen LogP contribution < -0.4 is 14.8 Å². The fourth-order valence-electron chi connectivity index (χ4n) is 2.43. The number of nitro benzene ring substituents is 1. The molecule has 0 aliphatic heterocycles. The lowest BCUT2D eigenvalue weighted by Crippen LogP contribution is -2.14. The number of thiazole rings is 1. The summed E-state index contributed by atoms with van der Waals surface area (Å²) in [7, 11) is 1.37. The third-order valence-corrected chi connectivity index (χ3v) is 4.76. The highest BCUT2D eigenvalue weighted by atomic mass is 35.5. The number of anilines is 1. The van der Waals surface area contributed by atoms with E-state index < -0.39 is 16.5 Å². The second kappa shape index (κ2) is 7.77. The molecular formula is C17H14ClN3O5S. The first kappa shape index (κ1) is 18.9. The Morgan fingerprint density at radius 2 is 2.11 bits per heavy atom. The Hall–Kier alpha value is -2.91. The number of fused-ring (bicyclic) bond motifs is 1. The fourth-order valence-corrected chi connectivity index (χ4v) is 3.56. The van der Waals surface area contributed by atoms with Crippen LogP contribution in [0.15, 0.2) is 30.3 Å². The van der Waals surface area contributed by atoms with Crippen molar-refractivity contribution in [2.75, 3.05) is 19.0 Å². The van der Waals surface area contributed by atoms with Gasteiger partial charge in [0.15, 0.2) is 16.6 Å². The van der Waals surface area contributed by atoms with Crippen LogP contribution in [0.25, 0.3) is 10.2 Å². The molecule has 140 valence electrons. The van der Waals surface area contributed by atoms with Gasteiger partial charge >= 0.3 is 0 Å². The van der Waals surface area contributed by atoms with Crippen molar-refractivity contribution < 1.29 is 19.2 Å². The molecule has 1 amide bonds. The number of carbonyl (C=O) groups is 1. The van der Waals surface area contributed by atoms with Crippen LogP contribution in [0.5, 0.6) is 11.5 Å². The molecular weight excluding hydrogens is 394 g/mol. The Labute approximate surface area is 162 Å². The van der Waals surface area contributed by atoms with Gasteiger partial charge in [0, 0.05) is 11.1 Å². The monoisotopic (exact) mass is 407 g/mol. The average molecular weight is 408 g/mol. The molecule has 10 heteroatoms. The molecule has 0 aliphatic rings. The molecule has 8 nitrogen and oxygen atoms in total. The van der Waals surface area contributed by atoms with E-state index in [9.17, 15) is 14.9 Å². The number of halogens is 1. The van der Waals surface area contributed by atoms with Crippen molar-refractivity contribution in [2.45, 2.75) is 6.92 Å². The predicted octanol–water partition coefficient (Wildman–Crippen LogP) is 4.52. The molecule has 2 aromatic carbocycles. The van der Waals surface area contributed by atoms with Crippen molar-refractivity contribution in [3.63, 3.8) is 0 Å². The van der Waals surface area contributed by atoms with Gasteiger partial charge in [0.2, 0.25) is 0 Å². The molecule has 0 bridgehead atoms. The molecule has 1 aromatic heterocycles. The topological polar surface area (TPSA) is 104 Å². The minimum atomic E-state index is -0.671. The quantitative estimate of drug-likeness (QED) is 0.476. The van der Waals surface area contributed by atoms with Gasteiger partial charge in [-0.2, -0.15) is 0 Å². The molecule has 1 heterocycles. The maximum Gasteiger partial charge on any atom is 0.286 e. The zero-order chi connectivity index (χ0) is 19.6. The first-order valence-electron chi connectivity index (χ1n) is 7.79. The minimum absolute atomic E-state index is 0.151. The lowest BCUT2D eigenvalue weighted by atomic mass is 10.1. The van der Waals surface area contributed by atoms with Crippen LogP contribution in [0.2, 0.25) is 5.02 Å². The lowest BCUT2D eigenvalue weighted by Gasteiger charge is -2.11. The van der Waals surface area contributed by atoms with E-state index in [0.717, 1.165) is 10.8 Å². The molecule has 0 spiro atoms. The Morgan fingerprint density at radius 3 is 2.78 bits per heavy atom. The van der Waals surface area contributed by atoms with Crippen molar-refractivity contribution in [1.29, 1.82) is 0 Å². The summed E-state index contributed by atoms with van der Waals surface area (Å²) in [5.74, 6) is -0.253. The van der Waals surface area contributed by atoms with Gasteiger partial charge in [-0.1, -0.05) is 22.9 Å². The molecule has 0 unspecified atom stereocenters. The van der Waals surface area contributed by atoms with Gasteiger partial charge in [0.05, 0.1) is 34.9 Å². The molecule has 1 N–H and O–H groups in total. The number of hydrogen-bond donors (Lipinski definition) is 1. The highest BCUT2D eigenvalue weighted by Crippen LogP contribution is 2.35. The molecule has 0 atom stereocenters. The number of carbonyl (C=O) groups excluding carboxylic acids is 1. The predicted molar refractivity (Wildman–Crippen MR) is 103 cm³/mol. The van der Waals surface area contributed by atoms with Gasteiger partial charge in [-0.3, -0.25) is 20.2 Å². The summed E-state index contributed by atoms with van der Waals surface area (Å²) in [6.07, 6.45) is 0. The molecule has 3 aromatic rings. The van der Waals surface area contributed by atoms with Crippen LogP contribution in [0.4, 0.5) is 10.8 Å². The Balaban J connectivity index is 1.98. The summed E-state index contributed by atoms with van der Waals surface area (Å²) in [5, 5.41) is 14.8. The summed E-state index contributed by atoms with van der Waals surface area (Å²) in [4.78, 5) is 27.7. The van der Waals surface area contributed by atoms with Crippen LogP contribution in [0.1, 0.15) is 17.3 Å². The molecule has 0 fully saturated rings. The summed E-state index contributed by atoms with van der Waals surface area (Å²) < 4.78 is 11.3. The van der Waals surface area contributed by atoms with E-state index in [0.29, 0.717) is 22.3 Å². The highest BCUT2D eigenvalue weighted by Gasteiger charge is 2.25. The van der Waals surface area contributed by atoms with Gasteiger partial charge in [-0.15, -0.1) is 0 Å². The number of hydrogen-bond acceptors (Lipinski definition) is 7. The number of benzene rings is 2. The van der Waals surface area contributed by atoms with E-state index in [1.165, 1.54) is 24.5 Å². The van der Waals surface area contributed by atoms with Crippen molar-refractivity contribution in [3.8, 4) is 11.5 Å². The van der Waals surface area contributed by atoms with E-state index in [1.54, 1.807) is 25.1 Å². The molecule has 0 aliphatic carbocycles. The van der Waals surface area contributed by atoms with Crippen LogP contribution in [-0.4, -0.2) is 29.5 Å². The van der Waals surface area contributed by atoms with Gasteiger partial charge in [-0.25, -0.2) is 4.98 Å². The number of ether oxygens (including phenoxy) is 2. The maximum atomic E-state index is 12.7. The summed E-state index contributed by atoms with van der Waals surface area (Å²) in [6.45, 7) is 2.07. The van der Waals surface area contributed by atoms with E-state index in [-0.39, 0.29) is 17.1 Å². The SMILES string of the molecule is CCOc1cc(C(=O)Nc2nc3ccc(Cl)cc3s2)c([N+](=O)[O-])cc1OC. The number of amides is 1. The van der Waals surface area contributed by atoms with Gasteiger partial charge in [0.1, 0.15) is 5.56 Å². The molecule has 0 saturated carbocycles. The number of aromatic nitrogens is 1.